The van der Waals surface area contributed by atoms with Crippen LogP contribution in [0.15, 0.2) is 24.3 Å². The smallest absolute Gasteiger partial charge is 0.146 e. The lowest BCUT2D eigenvalue weighted by atomic mass is 10.0. The second-order valence-electron chi connectivity index (χ2n) is 5.72. The van der Waals surface area contributed by atoms with Gasteiger partial charge in [0.05, 0.1) is 11.7 Å². The van der Waals surface area contributed by atoms with E-state index in [4.69, 9.17) is 4.98 Å². The molecule has 0 radical (unpaired) electrons. The minimum Gasteiger partial charge on any atom is -0.307 e. The number of aromatic nitrogens is 2. The number of hydrogen-bond acceptors (Lipinski definition) is 3. The number of aryl methyl sites for hydroxylation is 3. The number of hydrogen-bond donors (Lipinski definition) is 1. The highest BCUT2D eigenvalue weighted by molar-refractivity contribution is 5.64. The summed E-state index contributed by atoms with van der Waals surface area (Å²) >= 11 is 0. The Balaban J connectivity index is 2.04. The Morgan fingerprint density at radius 2 is 1.95 bits per heavy atom. The molecule has 1 atom stereocenters. The van der Waals surface area contributed by atoms with Crippen LogP contribution in [0.5, 0.6) is 0 Å². The summed E-state index contributed by atoms with van der Waals surface area (Å²) in [6, 6.07) is 8.92. The van der Waals surface area contributed by atoms with Crippen molar-refractivity contribution in [2.24, 2.45) is 0 Å². The van der Waals surface area contributed by atoms with E-state index in [0.717, 1.165) is 30.2 Å². The summed E-state index contributed by atoms with van der Waals surface area (Å²) in [6.07, 6.45) is 2.34. The highest BCUT2D eigenvalue weighted by atomic mass is 15.0. The molecule has 1 fully saturated rings. The average Bonchev–Trinajstić information content (AvgIpc) is 2.91. The van der Waals surface area contributed by atoms with E-state index < -0.39 is 0 Å². The SMILES string of the molecule is Cc1ccc(-c2cc(C)nc(C3CCCN3)n2)c(C)c1. The van der Waals surface area contributed by atoms with Crippen LogP contribution in [0.25, 0.3) is 11.3 Å². The van der Waals surface area contributed by atoms with Gasteiger partial charge in [-0.2, -0.15) is 0 Å². The lowest BCUT2D eigenvalue weighted by Gasteiger charge is -2.13. The van der Waals surface area contributed by atoms with Crippen LogP contribution in [0.4, 0.5) is 0 Å². The molecule has 1 aliphatic heterocycles. The second kappa shape index (κ2) is 5.33. The lowest BCUT2D eigenvalue weighted by Crippen LogP contribution is -2.16. The van der Waals surface area contributed by atoms with Crippen LogP contribution in [0.3, 0.4) is 0 Å². The molecule has 2 aromatic rings. The molecular weight excluding hydrogens is 246 g/mol. The third-order valence-corrected chi connectivity index (χ3v) is 3.90. The fourth-order valence-electron chi connectivity index (χ4n) is 2.89. The van der Waals surface area contributed by atoms with Gasteiger partial charge >= 0.3 is 0 Å². The molecule has 0 saturated carbocycles. The van der Waals surface area contributed by atoms with Gasteiger partial charge in [0.2, 0.25) is 0 Å². The van der Waals surface area contributed by atoms with Crippen LogP contribution in [0.2, 0.25) is 0 Å². The molecular formula is C17H21N3. The summed E-state index contributed by atoms with van der Waals surface area (Å²) in [4.78, 5) is 9.42. The first-order valence-corrected chi connectivity index (χ1v) is 7.30. The predicted octanol–water partition coefficient (Wildman–Crippen LogP) is 3.49. The van der Waals surface area contributed by atoms with Crippen molar-refractivity contribution in [3.8, 4) is 11.3 Å². The van der Waals surface area contributed by atoms with Crippen LogP contribution < -0.4 is 5.32 Å². The quantitative estimate of drug-likeness (QED) is 0.905. The minimum absolute atomic E-state index is 0.319. The molecule has 104 valence electrons. The van der Waals surface area contributed by atoms with E-state index in [0.29, 0.717) is 6.04 Å². The Hall–Kier alpha value is -1.74. The fraction of sp³-hybridized carbons (Fsp3) is 0.412. The Morgan fingerprint density at radius 3 is 2.65 bits per heavy atom. The van der Waals surface area contributed by atoms with Gasteiger partial charge in [0.25, 0.3) is 0 Å². The molecule has 0 aliphatic carbocycles. The molecule has 1 aliphatic rings. The van der Waals surface area contributed by atoms with Gasteiger partial charge in [0.1, 0.15) is 5.82 Å². The molecule has 3 heteroatoms. The number of nitrogens with one attached hydrogen (secondary N) is 1. The zero-order valence-corrected chi connectivity index (χ0v) is 12.4. The molecule has 0 bridgehead atoms. The minimum atomic E-state index is 0.319. The number of nitrogens with zero attached hydrogens (tertiary/aromatic N) is 2. The Labute approximate surface area is 120 Å². The van der Waals surface area contributed by atoms with Crippen LogP contribution in [0, 0.1) is 20.8 Å². The van der Waals surface area contributed by atoms with Crippen LogP contribution >= 0.6 is 0 Å². The van der Waals surface area contributed by atoms with Gasteiger partial charge in [0.15, 0.2) is 0 Å². The molecule has 1 aromatic carbocycles. The topological polar surface area (TPSA) is 37.8 Å². The van der Waals surface area contributed by atoms with E-state index in [1.165, 1.54) is 23.1 Å². The normalized spacial score (nSPS) is 18.4. The van der Waals surface area contributed by atoms with Gasteiger partial charge < -0.3 is 5.32 Å². The van der Waals surface area contributed by atoms with E-state index in [1.807, 2.05) is 6.92 Å². The number of benzene rings is 1. The van der Waals surface area contributed by atoms with E-state index in [9.17, 15) is 0 Å². The maximum atomic E-state index is 4.80. The van der Waals surface area contributed by atoms with Gasteiger partial charge in [-0.05, 0) is 51.8 Å². The summed E-state index contributed by atoms with van der Waals surface area (Å²) < 4.78 is 0. The van der Waals surface area contributed by atoms with Crippen molar-refractivity contribution in [1.29, 1.82) is 0 Å². The first-order valence-electron chi connectivity index (χ1n) is 7.30. The summed E-state index contributed by atoms with van der Waals surface area (Å²) in [7, 11) is 0. The second-order valence-corrected chi connectivity index (χ2v) is 5.72. The van der Waals surface area contributed by atoms with E-state index in [2.05, 4.69) is 48.4 Å². The predicted molar refractivity (Wildman–Crippen MR) is 81.7 cm³/mol. The maximum Gasteiger partial charge on any atom is 0.146 e. The molecule has 1 saturated heterocycles. The molecule has 1 unspecified atom stereocenters. The molecule has 20 heavy (non-hydrogen) atoms. The fourth-order valence-corrected chi connectivity index (χ4v) is 2.89. The first kappa shape index (κ1) is 13.3. The summed E-state index contributed by atoms with van der Waals surface area (Å²) in [6.45, 7) is 7.39. The number of rotatable bonds is 2. The van der Waals surface area contributed by atoms with Gasteiger partial charge in [-0.15, -0.1) is 0 Å². The van der Waals surface area contributed by atoms with Crippen LogP contribution in [-0.2, 0) is 0 Å². The molecule has 1 aromatic heterocycles. The maximum absolute atomic E-state index is 4.80. The summed E-state index contributed by atoms with van der Waals surface area (Å²) in [5.74, 6) is 0.942. The highest BCUT2D eigenvalue weighted by Crippen LogP contribution is 2.26. The van der Waals surface area contributed by atoms with Crippen LogP contribution in [-0.4, -0.2) is 16.5 Å². The van der Waals surface area contributed by atoms with Crippen molar-refractivity contribution < 1.29 is 0 Å². The standard InChI is InChI=1S/C17H21N3/c1-11-6-7-14(12(2)9-11)16-10-13(3)19-17(20-16)15-5-4-8-18-15/h6-7,9-10,15,18H,4-5,8H2,1-3H3. The molecule has 1 N–H and O–H groups in total. The Kier molecular flexibility index (Phi) is 3.53. The zero-order chi connectivity index (χ0) is 14.1. The van der Waals surface area contributed by atoms with Gasteiger partial charge in [-0.3, -0.25) is 0 Å². The van der Waals surface area contributed by atoms with Crippen molar-refractivity contribution in [3.63, 3.8) is 0 Å². The zero-order valence-electron chi connectivity index (χ0n) is 12.4. The van der Waals surface area contributed by atoms with Crippen molar-refractivity contribution >= 4 is 0 Å². The third kappa shape index (κ3) is 2.59. The molecule has 0 spiro atoms. The summed E-state index contributed by atoms with van der Waals surface area (Å²) in [5, 5.41) is 3.48. The third-order valence-electron chi connectivity index (χ3n) is 3.90. The first-order chi connectivity index (χ1) is 9.63. The monoisotopic (exact) mass is 267 g/mol. The van der Waals surface area contributed by atoms with E-state index >= 15 is 0 Å². The van der Waals surface area contributed by atoms with Crippen molar-refractivity contribution in [1.82, 2.24) is 15.3 Å². The van der Waals surface area contributed by atoms with Gasteiger partial charge in [0, 0.05) is 11.3 Å². The average molecular weight is 267 g/mol. The van der Waals surface area contributed by atoms with Crippen molar-refractivity contribution in [2.45, 2.75) is 39.7 Å². The highest BCUT2D eigenvalue weighted by Gasteiger charge is 2.20. The molecule has 3 rings (SSSR count). The lowest BCUT2D eigenvalue weighted by molar-refractivity contribution is 0.603. The van der Waals surface area contributed by atoms with E-state index in [-0.39, 0.29) is 0 Å². The van der Waals surface area contributed by atoms with Crippen LogP contribution in [0.1, 0.15) is 41.5 Å². The molecule has 2 heterocycles. The Bertz CT molecular complexity index is 628. The van der Waals surface area contributed by atoms with Crippen molar-refractivity contribution in [3.05, 3.63) is 46.9 Å². The van der Waals surface area contributed by atoms with E-state index in [1.54, 1.807) is 0 Å². The summed E-state index contributed by atoms with van der Waals surface area (Å²) in [5.41, 5.74) is 5.85. The van der Waals surface area contributed by atoms with Gasteiger partial charge in [-0.25, -0.2) is 9.97 Å². The van der Waals surface area contributed by atoms with Crippen molar-refractivity contribution in [2.75, 3.05) is 6.54 Å². The molecule has 0 amide bonds. The Morgan fingerprint density at radius 1 is 1.10 bits per heavy atom. The van der Waals surface area contributed by atoms with Gasteiger partial charge in [-0.1, -0.05) is 23.8 Å². The largest absolute Gasteiger partial charge is 0.307 e. The molecule has 3 nitrogen and oxygen atoms in total.